The fraction of sp³-hybridized carbons (Fsp3) is 0.235. The summed E-state index contributed by atoms with van der Waals surface area (Å²) in [4.78, 5) is 34.2. The van der Waals surface area contributed by atoms with Crippen molar-refractivity contribution in [2.24, 2.45) is 0 Å². The molecular formula is C17H13F4NO6. The Bertz CT molecular complexity index is 957. The number of amides is 1. The molecular weight excluding hydrogens is 390 g/mol. The molecule has 0 aliphatic rings. The highest BCUT2D eigenvalue weighted by Crippen LogP contribution is 2.42. The number of rotatable bonds is 6. The second kappa shape index (κ2) is 7.71. The van der Waals surface area contributed by atoms with Gasteiger partial charge in [0, 0.05) is 0 Å². The Morgan fingerprint density at radius 3 is 2.21 bits per heavy atom. The number of hydrogen-bond donors (Lipinski definition) is 3. The Kier molecular flexibility index (Phi) is 5.76. The van der Waals surface area contributed by atoms with E-state index in [4.69, 9.17) is 14.9 Å². The molecule has 0 unspecified atom stereocenters. The molecule has 7 nitrogen and oxygen atoms in total. The maximum absolute atomic E-state index is 14.3. The summed E-state index contributed by atoms with van der Waals surface area (Å²) in [6, 6.07) is 1.46. The van der Waals surface area contributed by atoms with E-state index in [1.165, 1.54) is 0 Å². The van der Waals surface area contributed by atoms with E-state index in [9.17, 15) is 31.9 Å². The van der Waals surface area contributed by atoms with Gasteiger partial charge in [-0.05, 0) is 29.0 Å². The Labute approximate surface area is 154 Å². The molecule has 0 saturated heterocycles. The summed E-state index contributed by atoms with van der Waals surface area (Å²) >= 11 is 0. The average molecular weight is 403 g/mol. The minimum absolute atomic E-state index is 0.440. The van der Waals surface area contributed by atoms with Gasteiger partial charge >= 0.3 is 18.1 Å². The monoisotopic (exact) mass is 403 g/mol. The lowest BCUT2D eigenvalue weighted by atomic mass is 9.97. The Hall–Kier alpha value is -3.37. The highest BCUT2D eigenvalue weighted by Gasteiger charge is 2.37. The molecule has 0 saturated carbocycles. The first kappa shape index (κ1) is 20.9. The normalized spacial score (nSPS) is 12.5. The number of halogens is 4. The summed E-state index contributed by atoms with van der Waals surface area (Å²) in [5.41, 5.74) is -2.08. The van der Waals surface area contributed by atoms with E-state index in [1.54, 1.807) is 0 Å². The molecule has 2 aromatic carbocycles. The van der Waals surface area contributed by atoms with Gasteiger partial charge in [0.1, 0.15) is 23.2 Å². The van der Waals surface area contributed by atoms with Gasteiger partial charge < -0.3 is 20.3 Å². The molecule has 0 fully saturated rings. The number of fused-ring (bicyclic) bond motifs is 1. The van der Waals surface area contributed by atoms with E-state index in [0.717, 1.165) is 25.3 Å². The van der Waals surface area contributed by atoms with Gasteiger partial charge in [-0.15, -0.1) is 0 Å². The molecule has 0 spiro atoms. The van der Waals surface area contributed by atoms with E-state index in [0.29, 0.717) is 6.07 Å². The number of nitrogens with one attached hydrogen (secondary N) is 1. The first-order chi connectivity index (χ1) is 13.0. The quantitative estimate of drug-likeness (QED) is 0.640. The van der Waals surface area contributed by atoms with Crippen LogP contribution in [0.15, 0.2) is 24.3 Å². The summed E-state index contributed by atoms with van der Waals surface area (Å²) in [5.74, 6) is -6.37. The highest BCUT2D eigenvalue weighted by atomic mass is 19.4. The van der Waals surface area contributed by atoms with Gasteiger partial charge in [0.2, 0.25) is 0 Å². The summed E-state index contributed by atoms with van der Waals surface area (Å²) in [7, 11) is 1.01. The summed E-state index contributed by atoms with van der Waals surface area (Å²) in [6.07, 6.45) is -5.89. The van der Waals surface area contributed by atoms with Crippen LogP contribution in [0.3, 0.4) is 0 Å². The van der Waals surface area contributed by atoms with Crippen molar-refractivity contribution in [3.63, 3.8) is 0 Å². The Morgan fingerprint density at radius 1 is 1.11 bits per heavy atom. The van der Waals surface area contributed by atoms with Crippen molar-refractivity contribution in [3.8, 4) is 5.75 Å². The summed E-state index contributed by atoms with van der Waals surface area (Å²) in [5, 5.41) is 18.5. The van der Waals surface area contributed by atoms with Gasteiger partial charge in [-0.1, -0.05) is 6.07 Å². The fourth-order valence-electron chi connectivity index (χ4n) is 2.66. The third-order valence-electron chi connectivity index (χ3n) is 3.82. The molecule has 0 radical (unpaired) electrons. The van der Waals surface area contributed by atoms with E-state index in [2.05, 4.69) is 0 Å². The number of hydrogen-bond acceptors (Lipinski definition) is 4. The van der Waals surface area contributed by atoms with E-state index >= 15 is 0 Å². The lowest BCUT2D eigenvalue weighted by molar-refractivity contribution is -0.145. The Balaban J connectivity index is 2.64. The van der Waals surface area contributed by atoms with Crippen molar-refractivity contribution < 1.29 is 46.9 Å². The lowest BCUT2D eigenvalue weighted by Crippen LogP contribution is -2.42. The van der Waals surface area contributed by atoms with Crippen molar-refractivity contribution in [2.75, 3.05) is 7.11 Å². The van der Waals surface area contributed by atoms with Crippen molar-refractivity contribution in [2.45, 2.75) is 18.6 Å². The zero-order valence-corrected chi connectivity index (χ0v) is 14.1. The van der Waals surface area contributed by atoms with Crippen molar-refractivity contribution in [3.05, 3.63) is 41.2 Å². The molecule has 0 aromatic heterocycles. The molecule has 2 rings (SSSR count). The third-order valence-corrected chi connectivity index (χ3v) is 3.82. The van der Waals surface area contributed by atoms with Gasteiger partial charge in [0.05, 0.1) is 19.1 Å². The van der Waals surface area contributed by atoms with Gasteiger partial charge in [-0.25, -0.2) is 9.18 Å². The van der Waals surface area contributed by atoms with Gasteiger partial charge in [-0.3, -0.25) is 9.59 Å². The van der Waals surface area contributed by atoms with Crippen LogP contribution in [0.2, 0.25) is 0 Å². The lowest BCUT2D eigenvalue weighted by Gasteiger charge is -2.18. The molecule has 11 heteroatoms. The van der Waals surface area contributed by atoms with Crippen molar-refractivity contribution in [1.29, 1.82) is 0 Å². The number of carboxylic acids is 2. The van der Waals surface area contributed by atoms with Crippen LogP contribution in [0.1, 0.15) is 22.3 Å². The molecule has 1 atom stereocenters. The maximum Gasteiger partial charge on any atom is 0.420 e. The number of ether oxygens (including phenoxy) is 1. The second-order valence-electron chi connectivity index (χ2n) is 5.62. The maximum atomic E-state index is 14.3. The number of carbonyl (C=O) groups is 3. The van der Waals surface area contributed by atoms with Crippen LogP contribution in [0, 0.1) is 5.82 Å². The van der Waals surface area contributed by atoms with E-state index in [1.807, 2.05) is 5.32 Å². The summed E-state index contributed by atoms with van der Waals surface area (Å²) in [6.45, 7) is 0. The molecule has 0 aliphatic heterocycles. The number of aliphatic carboxylic acids is 2. The minimum Gasteiger partial charge on any atom is -0.496 e. The number of methoxy groups -OCH3 is 1. The van der Waals surface area contributed by atoms with Crippen molar-refractivity contribution >= 4 is 28.6 Å². The van der Waals surface area contributed by atoms with E-state index in [-0.39, 0.29) is 0 Å². The smallest absolute Gasteiger partial charge is 0.420 e. The predicted molar refractivity (Wildman–Crippen MR) is 86.6 cm³/mol. The molecule has 0 bridgehead atoms. The largest absolute Gasteiger partial charge is 0.496 e. The van der Waals surface area contributed by atoms with E-state index < -0.39 is 70.0 Å². The molecule has 3 N–H and O–H groups in total. The molecule has 2 aromatic rings. The van der Waals surface area contributed by atoms with Crippen LogP contribution in [-0.4, -0.2) is 41.2 Å². The molecule has 150 valence electrons. The standard InChI is InChI=1S/C17H13F4NO6/c1-28-11-5-3-7-8(14(11)17(19,20)21)2-4-9(18)13(7)15(25)22-10(16(26)27)6-12(23)24/h2-5,10H,6H2,1H3,(H,22,25)(H,23,24)(H,26,27)/t10-/m0/s1. The SMILES string of the molecule is COc1ccc2c(C(=O)N[C@@H](CC(=O)O)C(=O)O)c(F)ccc2c1C(F)(F)F. The van der Waals surface area contributed by atoms with Crippen LogP contribution in [0.25, 0.3) is 10.8 Å². The fourth-order valence-corrected chi connectivity index (χ4v) is 2.66. The highest BCUT2D eigenvalue weighted by molar-refractivity contribution is 6.09. The zero-order valence-electron chi connectivity index (χ0n) is 14.1. The van der Waals surface area contributed by atoms with Gasteiger partial charge in [0.15, 0.2) is 0 Å². The van der Waals surface area contributed by atoms with Gasteiger partial charge in [-0.2, -0.15) is 13.2 Å². The predicted octanol–water partition coefficient (Wildman–Crippen LogP) is 2.66. The van der Waals surface area contributed by atoms with Crippen LogP contribution in [0.5, 0.6) is 5.75 Å². The zero-order chi connectivity index (χ0) is 21.2. The topological polar surface area (TPSA) is 113 Å². The van der Waals surface area contributed by atoms with Crippen LogP contribution in [0.4, 0.5) is 17.6 Å². The van der Waals surface area contributed by atoms with Gasteiger partial charge in [0.25, 0.3) is 5.91 Å². The van der Waals surface area contributed by atoms with Crippen LogP contribution < -0.4 is 10.1 Å². The molecule has 0 aliphatic carbocycles. The average Bonchev–Trinajstić information content (AvgIpc) is 2.58. The number of alkyl halides is 3. The number of benzene rings is 2. The first-order valence-corrected chi connectivity index (χ1v) is 7.59. The third kappa shape index (κ3) is 4.13. The molecule has 0 heterocycles. The Morgan fingerprint density at radius 2 is 1.71 bits per heavy atom. The molecule has 1 amide bonds. The van der Waals surface area contributed by atoms with Crippen LogP contribution >= 0.6 is 0 Å². The van der Waals surface area contributed by atoms with Crippen molar-refractivity contribution in [1.82, 2.24) is 5.32 Å². The second-order valence-corrected chi connectivity index (χ2v) is 5.62. The molecule has 28 heavy (non-hydrogen) atoms. The summed E-state index contributed by atoms with van der Waals surface area (Å²) < 4.78 is 59.3. The van der Waals surface area contributed by atoms with Crippen LogP contribution in [-0.2, 0) is 15.8 Å². The first-order valence-electron chi connectivity index (χ1n) is 7.59. The number of carbonyl (C=O) groups excluding carboxylic acids is 1. The minimum atomic E-state index is -4.89. The number of carboxylic acid groups (broad SMARTS) is 2.